The third-order valence-electron chi connectivity index (χ3n) is 5.72. The zero-order chi connectivity index (χ0) is 23.8. The molecule has 2 aromatic carbocycles. The van der Waals surface area contributed by atoms with Gasteiger partial charge in [-0.2, -0.15) is 0 Å². The molecule has 8 nitrogen and oxygen atoms in total. The molecular weight excluding hydrogens is 500 g/mol. The molecule has 0 radical (unpaired) electrons. The molecule has 0 fully saturated rings. The normalized spacial score (nSPS) is 11.3. The molecule has 0 N–H and O–H groups in total. The molecule has 0 amide bonds. The Bertz CT molecular complexity index is 1620. The average molecular weight is 521 g/mol. The number of aromatic nitrogens is 4. The summed E-state index contributed by atoms with van der Waals surface area (Å²) in [4.78, 5) is 31.7. The smallest absolute Gasteiger partial charge is 0.333 e. The second kappa shape index (κ2) is 8.83. The van der Waals surface area contributed by atoms with E-state index in [1.165, 1.54) is 4.57 Å². The number of rotatable bonds is 6. The predicted octanol–water partition coefficient (Wildman–Crippen LogP) is 3.69. The maximum atomic E-state index is 13.7. The topological polar surface area (TPSA) is 79.8 Å². The quantitative estimate of drug-likeness (QED) is 0.341. The Morgan fingerprint density at radius 2 is 1.35 bits per heavy atom. The molecule has 0 bridgehead atoms. The summed E-state index contributed by atoms with van der Waals surface area (Å²) in [5.74, 6) is 1.43. The van der Waals surface area contributed by atoms with Gasteiger partial charge in [0.15, 0.2) is 11.2 Å². The molecule has 0 aliphatic heterocycles. The Labute approximate surface area is 202 Å². The van der Waals surface area contributed by atoms with Crippen molar-refractivity contribution in [3.05, 3.63) is 103 Å². The molecule has 0 aliphatic carbocycles. The lowest BCUT2D eigenvalue weighted by Gasteiger charge is -2.13. The van der Waals surface area contributed by atoms with Crippen molar-refractivity contribution in [2.45, 2.75) is 13.1 Å². The molecule has 0 unspecified atom stereocenters. The molecule has 5 rings (SSSR count). The number of pyridine rings is 1. The number of nitrogens with zero attached hydrogens (tertiary/aromatic N) is 4. The van der Waals surface area contributed by atoms with Gasteiger partial charge in [-0.1, -0.05) is 24.3 Å². The molecule has 0 atom stereocenters. The van der Waals surface area contributed by atoms with Crippen LogP contribution < -0.4 is 20.7 Å². The first-order chi connectivity index (χ1) is 16.5. The number of ether oxygens (including phenoxy) is 2. The van der Waals surface area contributed by atoms with E-state index in [4.69, 9.17) is 9.47 Å². The van der Waals surface area contributed by atoms with E-state index in [-0.39, 0.29) is 18.6 Å². The first-order valence-corrected chi connectivity index (χ1v) is 11.3. The summed E-state index contributed by atoms with van der Waals surface area (Å²) in [5, 5.41) is 0. The summed E-state index contributed by atoms with van der Waals surface area (Å²) in [5.41, 5.74) is 2.13. The molecule has 172 valence electrons. The molecule has 34 heavy (non-hydrogen) atoms. The summed E-state index contributed by atoms with van der Waals surface area (Å²) in [6, 6.07) is 18.4. The van der Waals surface area contributed by atoms with Gasteiger partial charge in [0.25, 0.3) is 5.56 Å². The van der Waals surface area contributed by atoms with Crippen molar-refractivity contribution < 1.29 is 9.47 Å². The van der Waals surface area contributed by atoms with E-state index in [2.05, 4.69) is 20.9 Å². The minimum absolute atomic E-state index is 0.123. The van der Waals surface area contributed by atoms with E-state index in [0.29, 0.717) is 17.0 Å². The van der Waals surface area contributed by atoms with Crippen LogP contribution in [0.4, 0.5) is 0 Å². The number of benzene rings is 2. The number of halogens is 1. The van der Waals surface area contributed by atoms with Gasteiger partial charge in [0.1, 0.15) is 17.1 Å². The molecule has 9 heteroatoms. The van der Waals surface area contributed by atoms with Crippen LogP contribution in [0.3, 0.4) is 0 Å². The van der Waals surface area contributed by atoms with Crippen molar-refractivity contribution in [1.29, 1.82) is 0 Å². The van der Waals surface area contributed by atoms with Gasteiger partial charge in [0.05, 0.1) is 27.3 Å². The fourth-order valence-electron chi connectivity index (χ4n) is 3.97. The van der Waals surface area contributed by atoms with Crippen LogP contribution in [0.2, 0.25) is 0 Å². The van der Waals surface area contributed by atoms with Crippen molar-refractivity contribution in [1.82, 2.24) is 18.5 Å². The number of imidazole rings is 1. The highest BCUT2D eigenvalue weighted by molar-refractivity contribution is 9.10. The van der Waals surface area contributed by atoms with E-state index < -0.39 is 11.2 Å². The minimum Gasteiger partial charge on any atom is -0.497 e. The molecule has 0 spiro atoms. The first kappa shape index (κ1) is 22.0. The molecule has 3 heterocycles. The zero-order valence-corrected chi connectivity index (χ0v) is 20.2. The second-order valence-electron chi connectivity index (χ2n) is 7.82. The fourth-order valence-corrected chi connectivity index (χ4v) is 4.30. The summed E-state index contributed by atoms with van der Waals surface area (Å²) in [6.45, 7) is 0.389. The third-order valence-corrected chi connectivity index (χ3v) is 6.19. The molecule has 0 saturated carbocycles. The largest absolute Gasteiger partial charge is 0.497 e. The maximum Gasteiger partial charge on any atom is 0.333 e. The first-order valence-electron chi connectivity index (χ1n) is 10.6. The number of methoxy groups -OCH3 is 2. The van der Waals surface area contributed by atoms with Crippen LogP contribution in [0.5, 0.6) is 11.5 Å². The standard InChI is InChI=1S/C25H21BrN4O4/c1-33-19-8-3-16(4-9-19)13-29-23-22(27-21-12-7-18(26)15-28(21)23)24(31)30(25(29)32)14-17-5-10-20(34-2)11-6-17/h3-12,15H,13-14H2,1-2H3. The Balaban J connectivity index is 1.73. The molecule has 0 aliphatic rings. The molecule has 0 saturated heterocycles. The van der Waals surface area contributed by atoms with E-state index in [1.54, 1.807) is 41.4 Å². The van der Waals surface area contributed by atoms with Gasteiger partial charge in [-0.15, -0.1) is 0 Å². The van der Waals surface area contributed by atoms with Gasteiger partial charge in [-0.25, -0.2) is 9.78 Å². The Hall–Kier alpha value is -3.85. The summed E-state index contributed by atoms with van der Waals surface area (Å²) >= 11 is 3.47. The van der Waals surface area contributed by atoms with Crippen LogP contribution in [0, 0.1) is 0 Å². The lowest BCUT2D eigenvalue weighted by molar-refractivity contribution is 0.414. The summed E-state index contributed by atoms with van der Waals surface area (Å²) < 4.78 is 15.9. The Kier molecular flexibility index (Phi) is 5.70. The zero-order valence-electron chi connectivity index (χ0n) is 18.6. The maximum absolute atomic E-state index is 13.7. The van der Waals surface area contributed by atoms with Gasteiger partial charge >= 0.3 is 5.69 Å². The minimum atomic E-state index is -0.429. The van der Waals surface area contributed by atoms with E-state index in [0.717, 1.165) is 21.3 Å². The van der Waals surface area contributed by atoms with E-state index >= 15 is 0 Å². The van der Waals surface area contributed by atoms with Crippen LogP contribution >= 0.6 is 15.9 Å². The summed E-state index contributed by atoms with van der Waals surface area (Å²) in [6.07, 6.45) is 1.81. The average Bonchev–Trinajstić information content (AvgIpc) is 3.24. The number of fused-ring (bicyclic) bond motifs is 3. The number of hydrogen-bond donors (Lipinski definition) is 0. The highest BCUT2D eigenvalue weighted by Crippen LogP contribution is 2.19. The Morgan fingerprint density at radius 1 is 0.794 bits per heavy atom. The van der Waals surface area contributed by atoms with Crippen molar-refractivity contribution >= 4 is 32.7 Å². The van der Waals surface area contributed by atoms with Gasteiger partial charge in [-0.05, 0) is 63.5 Å². The van der Waals surface area contributed by atoms with Gasteiger partial charge < -0.3 is 9.47 Å². The van der Waals surface area contributed by atoms with Crippen LogP contribution in [-0.2, 0) is 13.1 Å². The van der Waals surface area contributed by atoms with Crippen LogP contribution in [0.1, 0.15) is 11.1 Å². The fraction of sp³-hybridized carbons (Fsp3) is 0.160. The highest BCUT2D eigenvalue weighted by Gasteiger charge is 2.19. The molecular formula is C25H21BrN4O4. The SMILES string of the molecule is COc1ccc(Cn2c(=O)c3nc4ccc(Br)cn4c3n(Cc3ccc(OC)cc3)c2=O)cc1. The van der Waals surface area contributed by atoms with Gasteiger partial charge in [0.2, 0.25) is 0 Å². The molecule has 5 aromatic rings. The third kappa shape index (κ3) is 3.88. The summed E-state index contributed by atoms with van der Waals surface area (Å²) in [7, 11) is 3.20. The lowest BCUT2D eigenvalue weighted by Crippen LogP contribution is -2.40. The van der Waals surface area contributed by atoms with Crippen molar-refractivity contribution in [2.75, 3.05) is 14.2 Å². The number of hydrogen-bond acceptors (Lipinski definition) is 5. The second-order valence-corrected chi connectivity index (χ2v) is 8.73. The van der Waals surface area contributed by atoms with Crippen molar-refractivity contribution in [2.24, 2.45) is 0 Å². The van der Waals surface area contributed by atoms with E-state index in [1.807, 2.05) is 48.7 Å². The van der Waals surface area contributed by atoms with Crippen LogP contribution in [-0.4, -0.2) is 32.7 Å². The van der Waals surface area contributed by atoms with Crippen molar-refractivity contribution in [3.63, 3.8) is 0 Å². The monoisotopic (exact) mass is 520 g/mol. The van der Waals surface area contributed by atoms with Crippen molar-refractivity contribution in [3.8, 4) is 11.5 Å². The van der Waals surface area contributed by atoms with Gasteiger partial charge in [-0.3, -0.25) is 18.3 Å². The van der Waals surface area contributed by atoms with E-state index in [9.17, 15) is 9.59 Å². The van der Waals surface area contributed by atoms with Crippen LogP contribution in [0.25, 0.3) is 16.8 Å². The Morgan fingerprint density at radius 3 is 1.91 bits per heavy atom. The molecule has 3 aromatic heterocycles. The highest BCUT2D eigenvalue weighted by atomic mass is 79.9. The predicted molar refractivity (Wildman–Crippen MR) is 133 cm³/mol. The lowest BCUT2D eigenvalue weighted by atomic mass is 10.2. The van der Waals surface area contributed by atoms with Gasteiger partial charge in [0, 0.05) is 10.7 Å². The van der Waals surface area contributed by atoms with Crippen LogP contribution in [0.15, 0.2) is 80.9 Å².